The Bertz CT molecular complexity index is 476. The summed E-state index contributed by atoms with van der Waals surface area (Å²) >= 11 is 3.42. The number of benzene rings is 1. The third-order valence-electron chi connectivity index (χ3n) is 2.35. The molecule has 4 heteroatoms. The van der Waals surface area contributed by atoms with E-state index in [4.69, 9.17) is 4.74 Å². The molecule has 0 unspecified atom stereocenters. The Morgan fingerprint density at radius 1 is 1.42 bits per heavy atom. The first-order chi connectivity index (χ1) is 8.78. The van der Waals surface area contributed by atoms with Gasteiger partial charge in [-0.3, -0.25) is 5.32 Å². The maximum absolute atomic E-state index is 11.6. The second-order valence-corrected chi connectivity index (χ2v) is 6.31. The molecule has 0 atom stereocenters. The molecule has 0 heterocycles. The molecule has 1 N–H and O–H groups in total. The van der Waals surface area contributed by atoms with Crippen molar-refractivity contribution in [3.63, 3.8) is 0 Å². The van der Waals surface area contributed by atoms with Crippen LogP contribution in [0.4, 0.5) is 10.5 Å². The summed E-state index contributed by atoms with van der Waals surface area (Å²) in [6.45, 7) is 8.54. The minimum Gasteiger partial charge on any atom is -0.445 e. The lowest BCUT2D eigenvalue weighted by atomic mass is 9.96. The summed E-state index contributed by atoms with van der Waals surface area (Å²) in [5.74, 6) is 0. The van der Waals surface area contributed by atoms with Crippen molar-refractivity contribution in [2.45, 2.75) is 27.7 Å². The van der Waals surface area contributed by atoms with Crippen molar-refractivity contribution in [2.75, 3.05) is 11.9 Å². The topological polar surface area (TPSA) is 38.3 Å². The van der Waals surface area contributed by atoms with Gasteiger partial charge in [-0.25, -0.2) is 4.79 Å². The molecule has 0 radical (unpaired) electrons. The molecule has 0 aliphatic heterocycles. The largest absolute Gasteiger partial charge is 0.445 e. The predicted octanol–water partition coefficient (Wildman–Crippen LogP) is 4.91. The fourth-order valence-electron chi connectivity index (χ4n) is 1.35. The number of hydrogen-bond donors (Lipinski definition) is 1. The molecule has 1 amide bonds. The van der Waals surface area contributed by atoms with Gasteiger partial charge in [-0.15, -0.1) is 0 Å². The van der Waals surface area contributed by atoms with Crippen LogP contribution in [0.2, 0.25) is 0 Å². The highest BCUT2D eigenvalue weighted by atomic mass is 79.9. The normalized spacial score (nSPS) is 11.6. The SMILES string of the molecule is Cc1ccc(NC(=O)OCC=CC(C)(C)C)cc1Br. The Morgan fingerprint density at radius 3 is 2.68 bits per heavy atom. The standard InChI is InChI=1S/C15H20BrNO2/c1-11-6-7-12(10-13(11)16)17-14(18)19-9-5-8-15(2,3)4/h5-8,10H,9H2,1-4H3,(H,17,18). The van der Waals surface area contributed by atoms with E-state index in [0.29, 0.717) is 5.69 Å². The summed E-state index contributed by atoms with van der Waals surface area (Å²) in [6.07, 6.45) is 3.42. The van der Waals surface area contributed by atoms with Crippen molar-refractivity contribution in [3.05, 3.63) is 40.4 Å². The maximum atomic E-state index is 11.6. The van der Waals surface area contributed by atoms with Crippen molar-refractivity contribution in [2.24, 2.45) is 5.41 Å². The first kappa shape index (κ1) is 15.8. The van der Waals surface area contributed by atoms with Crippen molar-refractivity contribution in [3.8, 4) is 0 Å². The summed E-state index contributed by atoms with van der Waals surface area (Å²) in [5.41, 5.74) is 1.93. The summed E-state index contributed by atoms with van der Waals surface area (Å²) in [4.78, 5) is 11.6. The Balaban J connectivity index is 2.43. The number of rotatable bonds is 3. The predicted molar refractivity (Wildman–Crippen MR) is 82.4 cm³/mol. The van der Waals surface area contributed by atoms with Gasteiger partial charge in [0.25, 0.3) is 0 Å². The van der Waals surface area contributed by atoms with Crippen LogP contribution >= 0.6 is 15.9 Å². The van der Waals surface area contributed by atoms with Crippen LogP contribution in [0.1, 0.15) is 26.3 Å². The van der Waals surface area contributed by atoms with Gasteiger partial charge in [0.15, 0.2) is 0 Å². The highest BCUT2D eigenvalue weighted by molar-refractivity contribution is 9.10. The van der Waals surface area contributed by atoms with Crippen LogP contribution in [0.5, 0.6) is 0 Å². The van der Waals surface area contributed by atoms with E-state index in [1.165, 1.54) is 0 Å². The van der Waals surface area contributed by atoms with Crippen LogP contribution in [0.3, 0.4) is 0 Å². The summed E-state index contributed by atoms with van der Waals surface area (Å²) in [7, 11) is 0. The van der Waals surface area contributed by atoms with Crippen molar-refractivity contribution in [1.29, 1.82) is 0 Å². The summed E-state index contributed by atoms with van der Waals surface area (Å²) < 4.78 is 6.02. The minimum atomic E-state index is -0.450. The lowest BCUT2D eigenvalue weighted by Crippen LogP contribution is -2.14. The molecular formula is C15H20BrNO2. The van der Waals surface area contributed by atoms with Gasteiger partial charge >= 0.3 is 6.09 Å². The zero-order chi connectivity index (χ0) is 14.5. The number of carbonyl (C=O) groups excluding carboxylic acids is 1. The van der Waals surface area contributed by atoms with E-state index in [1.807, 2.05) is 37.3 Å². The molecular weight excluding hydrogens is 306 g/mol. The molecule has 0 fully saturated rings. The van der Waals surface area contributed by atoms with E-state index >= 15 is 0 Å². The first-order valence-corrected chi connectivity index (χ1v) is 6.95. The second-order valence-electron chi connectivity index (χ2n) is 5.46. The van der Waals surface area contributed by atoms with E-state index in [9.17, 15) is 4.79 Å². The van der Waals surface area contributed by atoms with Gasteiger partial charge in [-0.05, 0) is 30.0 Å². The lowest BCUT2D eigenvalue weighted by Gasteiger charge is -2.11. The van der Waals surface area contributed by atoms with Crippen molar-refractivity contribution >= 4 is 27.7 Å². The van der Waals surface area contributed by atoms with Crippen LogP contribution in [0.15, 0.2) is 34.8 Å². The van der Waals surface area contributed by atoms with Gasteiger partial charge in [0.05, 0.1) is 0 Å². The zero-order valence-electron chi connectivity index (χ0n) is 11.8. The van der Waals surface area contributed by atoms with Gasteiger partial charge in [0, 0.05) is 10.2 Å². The van der Waals surface area contributed by atoms with Crippen molar-refractivity contribution < 1.29 is 9.53 Å². The highest BCUT2D eigenvalue weighted by Gasteiger charge is 2.05. The molecule has 1 aromatic carbocycles. The van der Waals surface area contributed by atoms with Gasteiger partial charge in [0.2, 0.25) is 0 Å². The van der Waals surface area contributed by atoms with E-state index in [1.54, 1.807) is 0 Å². The average molecular weight is 326 g/mol. The summed E-state index contributed by atoms with van der Waals surface area (Å²) in [6, 6.07) is 5.62. The van der Waals surface area contributed by atoms with Crippen LogP contribution < -0.4 is 5.32 Å². The summed E-state index contributed by atoms with van der Waals surface area (Å²) in [5, 5.41) is 2.68. The zero-order valence-corrected chi connectivity index (χ0v) is 13.4. The Morgan fingerprint density at radius 2 is 2.11 bits per heavy atom. The maximum Gasteiger partial charge on any atom is 0.411 e. The molecule has 0 spiro atoms. The highest BCUT2D eigenvalue weighted by Crippen LogP contribution is 2.20. The Kier molecular flexibility index (Phi) is 5.60. The molecule has 0 bridgehead atoms. The quantitative estimate of drug-likeness (QED) is 0.802. The number of hydrogen-bond acceptors (Lipinski definition) is 2. The number of carbonyl (C=O) groups is 1. The van der Waals surface area contributed by atoms with Crippen LogP contribution in [0, 0.1) is 12.3 Å². The monoisotopic (exact) mass is 325 g/mol. The molecule has 1 rings (SSSR count). The molecule has 0 saturated carbocycles. The van der Waals surface area contributed by atoms with Crippen LogP contribution in [-0.2, 0) is 4.74 Å². The average Bonchev–Trinajstić information content (AvgIpc) is 2.28. The molecule has 104 valence electrons. The molecule has 0 saturated heterocycles. The lowest BCUT2D eigenvalue weighted by molar-refractivity contribution is 0.174. The Hall–Kier alpha value is -1.29. The van der Waals surface area contributed by atoms with Crippen LogP contribution in [-0.4, -0.2) is 12.7 Å². The van der Waals surface area contributed by atoms with E-state index in [0.717, 1.165) is 10.0 Å². The van der Waals surface area contributed by atoms with Gasteiger partial charge in [0.1, 0.15) is 6.61 Å². The van der Waals surface area contributed by atoms with E-state index in [2.05, 4.69) is 42.0 Å². The molecule has 1 aromatic rings. The van der Waals surface area contributed by atoms with E-state index < -0.39 is 6.09 Å². The second kappa shape index (κ2) is 6.75. The molecule has 0 aliphatic carbocycles. The van der Waals surface area contributed by atoms with Crippen molar-refractivity contribution in [1.82, 2.24) is 0 Å². The fourth-order valence-corrected chi connectivity index (χ4v) is 1.73. The third-order valence-corrected chi connectivity index (χ3v) is 3.20. The number of halogens is 1. The van der Waals surface area contributed by atoms with Gasteiger partial charge in [-0.1, -0.05) is 54.9 Å². The number of anilines is 1. The molecule has 3 nitrogen and oxygen atoms in total. The minimum absolute atomic E-state index is 0.0989. The number of allylic oxidation sites excluding steroid dienone is 1. The Labute approximate surface area is 123 Å². The van der Waals surface area contributed by atoms with Gasteiger partial charge in [-0.2, -0.15) is 0 Å². The third kappa shape index (κ3) is 6.43. The number of ether oxygens (including phenoxy) is 1. The smallest absolute Gasteiger partial charge is 0.411 e. The van der Waals surface area contributed by atoms with Gasteiger partial charge < -0.3 is 4.74 Å². The molecule has 0 aromatic heterocycles. The first-order valence-electron chi connectivity index (χ1n) is 6.15. The molecule has 0 aliphatic rings. The number of amides is 1. The molecule has 19 heavy (non-hydrogen) atoms. The fraction of sp³-hybridized carbons (Fsp3) is 0.400. The van der Waals surface area contributed by atoms with E-state index in [-0.39, 0.29) is 12.0 Å². The number of aryl methyl sites for hydroxylation is 1. The number of nitrogens with one attached hydrogen (secondary N) is 1. The van der Waals surface area contributed by atoms with Crippen LogP contribution in [0.25, 0.3) is 0 Å².